The molecule has 0 amide bonds. The normalized spacial score (nSPS) is 13.0. The van der Waals surface area contributed by atoms with Crippen LogP contribution in [0, 0.1) is 0 Å². The molecule has 0 aliphatic heterocycles. The summed E-state index contributed by atoms with van der Waals surface area (Å²) in [5.41, 5.74) is -0.875. The number of nitrogens with zero attached hydrogens (tertiary/aromatic N) is 1. The average molecular weight is 238 g/mol. The van der Waals surface area contributed by atoms with Crippen LogP contribution in [0.25, 0.3) is 0 Å². The van der Waals surface area contributed by atoms with E-state index in [0.29, 0.717) is 5.69 Å². The first-order valence-corrected chi connectivity index (χ1v) is 4.74. The number of halogens is 4. The molecule has 0 N–H and O–H groups in total. The number of hydrogen-bond donors (Lipinski definition) is 0. The molecular weight excluding hydrogens is 227 g/mol. The molecule has 1 nitrogen and oxygen atoms in total. The Bertz CT molecular complexity index is 334. The Morgan fingerprint density at radius 2 is 1.67 bits per heavy atom. The van der Waals surface area contributed by atoms with Gasteiger partial charge in [0.25, 0.3) is 0 Å². The van der Waals surface area contributed by atoms with Crippen molar-refractivity contribution in [2.24, 2.45) is 0 Å². The first kappa shape index (κ1) is 12.3. The van der Waals surface area contributed by atoms with E-state index < -0.39 is 17.2 Å². The van der Waals surface area contributed by atoms with Crippen molar-refractivity contribution in [1.29, 1.82) is 0 Å². The molecule has 15 heavy (non-hydrogen) atoms. The number of aromatic nitrogens is 1. The number of pyridine rings is 1. The van der Waals surface area contributed by atoms with Crippen LogP contribution in [0.2, 0.25) is 5.15 Å². The largest absolute Gasteiger partial charge is 0.416 e. The highest BCUT2D eigenvalue weighted by molar-refractivity contribution is 6.29. The van der Waals surface area contributed by atoms with E-state index in [2.05, 4.69) is 4.98 Å². The maximum atomic E-state index is 12.4. The molecular formula is C10H11ClF3N. The molecule has 1 aromatic heterocycles. The van der Waals surface area contributed by atoms with Gasteiger partial charge in [0, 0.05) is 11.1 Å². The topological polar surface area (TPSA) is 12.9 Å². The van der Waals surface area contributed by atoms with Gasteiger partial charge in [0.05, 0.1) is 5.56 Å². The lowest BCUT2D eigenvalue weighted by Crippen LogP contribution is -2.16. The molecule has 0 spiro atoms. The molecule has 0 fully saturated rings. The highest BCUT2D eigenvalue weighted by atomic mass is 35.5. The van der Waals surface area contributed by atoms with Crippen LogP contribution >= 0.6 is 11.6 Å². The van der Waals surface area contributed by atoms with Gasteiger partial charge in [-0.25, -0.2) is 4.98 Å². The minimum absolute atomic E-state index is 0.130. The van der Waals surface area contributed by atoms with E-state index in [1.54, 1.807) is 20.8 Å². The van der Waals surface area contributed by atoms with Crippen molar-refractivity contribution in [1.82, 2.24) is 4.98 Å². The van der Waals surface area contributed by atoms with E-state index in [0.717, 1.165) is 12.1 Å². The molecule has 0 atom stereocenters. The van der Waals surface area contributed by atoms with Gasteiger partial charge in [0.1, 0.15) is 5.15 Å². The van der Waals surface area contributed by atoms with Crippen LogP contribution in [0.5, 0.6) is 0 Å². The Morgan fingerprint density at radius 1 is 1.13 bits per heavy atom. The minimum atomic E-state index is -4.38. The van der Waals surface area contributed by atoms with Crippen molar-refractivity contribution < 1.29 is 13.2 Å². The van der Waals surface area contributed by atoms with Gasteiger partial charge in [0.15, 0.2) is 0 Å². The Labute approximate surface area is 91.3 Å². The summed E-state index contributed by atoms with van der Waals surface area (Å²) in [6, 6.07) is 1.86. The van der Waals surface area contributed by atoms with Crippen molar-refractivity contribution in [2.75, 3.05) is 0 Å². The smallest absolute Gasteiger partial charge is 0.241 e. The maximum absolute atomic E-state index is 12.4. The van der Waals surface area contributed by atoms with E-state index in [1.807, 2.05) is 0 Å². The van der Waals surface area contributed by atoms with Crippen molar-refractivity contribution in [3.63, 3.8) is 0 Å². The third-order valence-corrected chi connectivity index (χ3v) is 2.08. The minimum Gasteiger partial charge on any atom is -0.241 e. The molecule has 84 valence electrons. The second-order valence-electron chi connectivity index (χ2n) is 4.31. The Balaban J connectivity index is 3.30. The summed E-state index contributed by atoms with van der Waals surface area (Å²) < 4.78 is 37.3. The SMILES string of the molecule is CC(C)(C)c1cc(C(F)(F)F)cc(Cl)n1. The third kappa shape index (κ3) is 3.09. The van der Waals surface area contributed by atoms with Crippen molar-refractivity contribution in [2.45, 2.75) is 32.4 Å². The van der Waals surface area contributed by atoms with Crippen LogP contribution in [0.4, 0.5) is 13.2 Å². The molecule has 0 unspecified atom stereocenters. The molecule has 1 heterocycles. The lowest BCUT2D eigenvalue weighted by molar-refractivity contribution is -0.137. The number of rotatable bonds is 0. The van der Waals surface area contributed by atoms with Crippen molar-refractivity contribution in [3.8, 4) is 0 Å². The lowest BCUT2D eigenvalue weighted by Gasteiger charge is -2.19. The fourth-order valence-electron chi connectivity index (χ4n) is 1.04. The first-order valence-electron chi connectivity index (χ1n) is 4.36. The van der Waals surface area contributed by atoms with Gasteiger partial charge in [-0.1, -0.05) is 32.4 Å². The van der Waals surface area contributed by atoms with Gasteiger partial charge < -0.3 is 0 Å². The number of hydrogen-bond acceptors (Lipinski definition) is 1. The fraction of sp³-hybridized carbons (Fsp3) is 0.500. The predicted octanol–water partition coefficient (Wildman–Crippen LogP) is 4.05. The van der Waals surface area contributed by atoms with E-state index >= 15 is 0 Å². The predicted molar refractivity (Wildman–Crippen MR) is 52.9 cm³/mol. The van der Waals surface area contributed by atoms with Crippen LogP contribution in [0.15, 0.2) is 12.1 Å². The molecule has 5 heteroatoms. The Hall–Kier alpha value is -0.770. The van der Waals surface area contributed by atoms with Crippen LogP contribution in [0.3, 0.4) is 0 Å². The van der Waals surface area contributed by atoms with Crippen molar-refractivity contribution in [3.05, 3.63) is 28.5 Å². The quantitative estimate of drug-likeness (QED) is 0.621. The van der Waals surface area contributed by atoms with E-state index in [4.69, 9.17) is 11.6 Å². The zero-order chi connectivity index (χ0) is 11.9. The van der Waals surface area contributed by atoms with Crippen LogP contribution in [-0.2, 0) is 11.6 Å². The highest BCUT2D eigenvalue weighted by Gasteiger charge is 2.32. The lowest BCUT2D eigenvalue weighted by atomic mass is 9.91. The molecule has 0 aliphatic rings. The number of alkyl halides is 3. The molecule has 0 bridgehead atoms. The molecule has 0 aromatic carbocycles. The third-order valence-electron chi connectivity index (χ3n) is 1.89. The fourth-order valence-corrected chi connectivity index (χ4v) is 1.25. The zero-order valence-electron chi connectivity index (χ0n) is 8.61. The molecule has 1 rings (SSSR count). The standard InChI is InChI=1S/C10H11ClF3N/c1-9(2,3)7-4-6(10(12,13)14)5-8(11)15-7/h4-5H,1-3H3. The van der Waals surface area contributed by atoms with Gasteiger partial charge >= 0.3 is 6.18 Å². The summed E-state index contributed by atoms with van der Waals surface area (Å²) in [4.78, 5) is 3.88. The molecule has 0 aliphatic carbocycles. The Morgan fingerprint density at radius 3 is 2.07 bits per heavy atom. The van der Waals surface area contributed by atoms with Crippen molar-refractivity contribution >= 4 is 11.6 Å². The summed E-state index contributed by atoms with van der Waals surface area (Å²) in [5.74, 6) is 0. The van der Waals surface area contributed by atoms with Crippen LogP contribution in [-0.4, -0.2) is 4.98 Å². The van der Waals surface area contributed by atoms with E-state index in [1.165, 1.54) is 0 Å². The van der Waals surface area contributed by atoms with Crippen LogP contribution < -0.4 is 0 Å². The summed E-state index contributed by atoms with van der Waals surface area (Å²) in [6.45, 7) is 5.35. The Kier molecular flexibility index (Phi) is 3.01. The summed E-state index contributed by atoms with van der Waals surface area (Å²) in [6.07, 6.45) is -4.38. The zero-order valence-corrected chi connectivity index (χ0v) is 9.37. The second kappa shape index (κ2) is 3.67. The molecule has 1 aromatic rings. The first-order chi connectivity index (χ1) is 6.60. The summed E-state index contributed by atoms with van der Waals surface area (Å²) in [7, 11) is 0. The van der Waals surface area contributed by atoms with Gasteiger partial charge in [-0.2, -0.15) is 13.2 Å². The van der Waals surface area contributed by atoms with Gasteiger partial charge in [-0.15, -0.1) is 0 Å². The monoisotopic (exact) mass is 237 g/mol. The summed E-state index contributed by atoms with van der Waals surface area (Å²) in [5, 5.41) is -0.130. The van der Waals surface area contributed by atoms with E-state index in [9.17, 15) is 13.2 Å². The average Bonchev–Trinajstić information content (AvgIpc) is 1.99. The molecule has 0 saturated heterocycles. The van der Waals surface area contributed by atoms with Gasteiger partial charge in [-0.05, 0) is 12.1 Å². The second-order valence-corrected chi connectivity index (χ2v) is 4.70. The van der Waals surface area contributed by atoms with Crippen LogP contribution in [0.1, 0.15) is 32.0 Å². The van der Waals surface area contributed by atoms with Gasteiger partial charge in [0.2, 0.25) is 0 Å². The van der Waals surface area contributed by atoms with E-state index in [-0.39, 0.29) is 5.15 Å². The maximum Gasteiger partial charge on any atom is 0.416 e. The molecule has 0 saturated carbocycles. The summed E-state index contributed by atoms with van der Waals surface area (Å²) >= 11 is 5.55. The molecule has 0 radical (unpaired) electrons. The van der Waals surface area contributed by atoms with Gasteiger partial charge in [-0.3, -0.25) is 0 Å². The highest BCUT2D eigenvalue weighted by Crippen LogP contribution is 2.33.